The third kappa shape index (κ3) is 4.98. The van der Waals surface area contributed by atoms with Crippen LogP contribution in [0.25, 0.3) is 10.9 Å². The maximum Gasteiger partial charge on any atom is 0.326 e. The fraction of sp³-hybridized carbons (Fsp3) is 0.294. The number of nitrogens with one attached hydrogen (secondary N) is 3. The Hall–Kier alpha value is -2.59. The zero-order valence-electron chi connectivity index (χ0n) is 14.6. The Morgan fingerprint density at radius 1 is 1.33 bits per heavy atom. The number of anilines is 1. The Balaban J connectivity index is 1.58. The Labute approximate surface area is 163 Å². The molecule has 0 aliphatic carbocycles. The molecule has 1 aromatic carbocycles. The number of carboxylic acids is 1. The second-order valence-electron chi connectivity index (χ2n) is 5.71. The Bertz CT molecular complexity index is 939. The van der Waals surface area contributed by atoms with Crippen molar-refractivity contribution in [3.63, 3.8) is 0 Å². The molecule has 0 spiro atoms. The SMILES string of the molecule is CCNc1nnc(SCC(=O)NC(Cc2c[nH]c3ccccc23)C(=O)O)s1. The molecule has 27 heavy (non-hydrogen) atoms. The Morgan fingerprint density at radius 3 is 2.93 bits per heavy atom. The summed E-state index contributed by atoms with van der Waals surface area (Å²) < 4.78 is 0.657. The van der Waals surface area contributed by atoms with Gasteiger partial charge >= 0.3 is 5.97 Å². The van der Waals surface area contributed by atoms with Crippen molar-refractivity contribution < 1.29 is 14.7 Å². The predicted octanol–water partition coefficient (Wildman–Crippen LogP) is 2.36. The van der Waals surface area contributed by atoms with Crippen LogP contribution in [-0.4, -0.2) is 50.5 Å². The molecule has 10 heteroatoms. The van der Waals surface area contributed by atoms with Crippen molar-refractivity contribution >= 4 is 51.0 Å². The number of hydrogen-bond donors (Lipinski definition) is 4. The molecule has 3 rings (SSSR count). The molecule has 0 bridgehead atoms. The second kappa shape index (κ2) is 8.87. The number of nitrogens with zero attached hydrogens (tertiary/aromatic N) is 2. The van der Waals surface area contributed by atoms with Crippen molar-refractivity contribution in [2.45, 2.75) is 23.7 Å². The number of para-hydroxylation sites is 1. The molecule has 2 heterocycles. The van der Waals surface area contributed by atoms with Crippen LogP contribution in [-0.2, 0) is 16.0 Å². The first-order chi connectivity index (χ1) is 13.1. The molecule has 1 amide bonds. The van der Waals surface area contributed by atoms with Gasteiger partial charge in [-0.2, -0.15) is 0 Å². The van der Waals surface area contributed by atoms with E-state index in [0.717, 1.165) is 23.0 Å². The molecule has 142 valence electrons. The van der Waals surface area contributed by atoms with Crippen molar-refractivity contribution in [2.75, 3.05) is 17.6 Å². The third-order valence-electron chi connectivity index (χ3n) is 3.79. The lowest BCUT2D eigenvalue weighted by Gasteiger charge is -2.13. The van der Waals surface area contributed by atoms with E-state index in [1.165, 1.54) is 23.1 Å². The first-order valence-electron chi connectivity index (χ1n) is 8.34. The van der Waals surface area contributed by atoms with Gasteiger partial charge in [-0.15, -0.1) is 10.2 Å². The highest BCUT2D eigenvalue weighted by Gasteiger charge is 2.22. The van der Waals surface area contributed by atoms with Gasteiger partial charge in [0.05, 0.1) is 5.75 Å². The molecule has 1 atom stereocenters. The molecule has 4 N–H and O–H groups in total. The van der Waals surface area contributed by atoms with Gasteiger partial charge in [-0.1, -0.05) is 41.3 Å². The summed E-state index contributed by atoms with van der Waals surface area (Å²) in [5.74, 6) is -1.34. The summed E-state index contributed by atoms with van der Waals surface area (Å²) in [6, 6.07) is 6.66. The highest BCUT2D eigenvalue weighted by atomic mass is 32.2. The van der Waals surface area contributed by atoms with E-state index in [0.29, 0.717) is 9.47 Å². The summed E-state index contributed by atoms with van der Waals surface area (Å²) in [5, 5.41) is 24.7. The molecule has 8 nitrogen and oxygen atoms in total. The van der Waals surface area contributed by atoms with Crippen LogP contribution in [0.15, 0.2) is 34.8 Å². The van der Waals surface area contributed by atoms with Crippen LogP contribution >= 0.6 is 23.1 Å². The molecule has 0 fully saturated rings. The Morgan fingerprint density at radius 2 is 2.15 bits per heavy atom. The fourth-order valence-electron chi connectivity index (χ4n) is 2.57. The maximum atomic E-state index is 12.2. The van der Waals surface area contributed by atoms with Gasteiger partial charge in [-0.25, -0.2) is 4.79 Å². The van der Waals surface area contributed by atoms with Gasteiger partial charge in [-0.3, -0.25) is 4.79 Å². The molecular formula is C17H19N5O3S2. The van der Waals surface area contributed by atoms with Crippen LogP contribution in [0.4, 0.5) is 5.13 Å². The lowest BCUT2D eigenvalue weighted by Crippen LogP contribution is -2.43. The number of hydrogen-bond acceptors (Lipinski definition) is 7. The maximum absolute atomic E-state index is 12.2. The number of fused-ring (bicyclic) bond motifs is 1. The first kappa shape index (κ1) is 19.2. The normalized spacial score (nSPS) is 12.0. The van der Waals surface area contributed by atoms with E-state index in [-0.39, 0.29) is 18.1 Å². The van der Waals surface area contributed by atoms with Gasteiger partial charge in [0.25, 0.3) is 0 Å². The van der Waals surface area contributed by atoms with Crippen molar-refractivity contribution in [2.24, 2.45) is 0 Å². The van der Waals surface area contributed by atoms with Crippen LogP contribution in [0.1, 0.15) is 12.5 Å². The minimum Gasteiger partial charge on any atom is -0.480 e. The summed E-state index contributed by atoms with van der Waals surface area (Å²) >= 11 is 2.59. The number of amides is 1. The summed E-state index contributed by atoms with van der Waals surface area (Å²) in [7, 11) is 0. The molecule has 0 saturated carbocycles. The van der Waals surface area contributed by atoms with E-state index in [2.05, 4.69) is 25.8 Å². The van der Waals surface area contributed by atoms with E-state index < -0.39 is 12.0 Å². The lowest BCUT2D eigenvalue weighted by atomic mass is 10.1. The molecule has 1 unspecified atom stereocenters. The average Bonchev–Trinajstić information content (AvgIpc) is 3.27. The number of carbonyl (C=O) groups excluding carboxylic acids is 1. The third-order valence-corrected chi connectivity index (χ3v) is 5.81. The van der Waals surface area contributed by atoms with Crippen molar-refractivity contribution in [3.8, 4) is 0 Å². The van der Waals surface area contributed by atoms with Crippen molar-refractivity contribution in [1.82, 2.24) is 20.5 Å². The van der Waals surface area contributed by atoms with Gasteiger partial charge in [0, 0.05) is 30.1 Å². The van der Waals surface area contributed by atoms with E-state index in [9.17, 15) is 14.7 Å². The first-order valence-corrected chi connectivity index (χ1v) is 10.1. The van der Waals surface area contributed by atoms with Gasteiger partial charge in [0.15, 0.2) is 4.34 Å². The number of aromatic amines is 1. The Kier molecular flexibility index (Phi) is 6.30. The largest absolute Gasteiger partial charge is 0.480 e. The molecule has 0 radical (unpaired) electrons. The van der Waals surface area contributed by atoms with Crippen LogP contribution < -0.4 is 10.6 Å². The summed E-state index contributed by atoms with van der Waals surface area (Å²) in [4.78, 5) is 26.9. The van der Waals surface area contributed by atoms with E-state index >= 15 is 0 Å². The van der Waals surface area contributed by atoms with Crippen LogP contribution in [0.3, 0.4) is 0 Å². The summed E-state index contributed by atoms with van der Waals surface area (Å²) in [5.41, 5.74) is 1.79. The predicted molar refractivity (Wildman–Crippen MR) is 106 cm³/mol. The molecule has 0 saturated heterocycles. The van der Waals surface area contributed by atoms with Gasteiger partial charge in [0.2, 0.25) is 11.0 Å². The topological polar surface area (TPSA) is 120 Å². The zero-order chi connectivity index (χ0) is 19.2. The quantitative estimate of drug-likeness (QED) is 0.403. The van der Waals surface area contributed by atoms with Crippen LogP contribution in [0.2, 0.25) is 0 Å². The monoisotopic (exact) mass is 405 g/mol. The van der Waals surface area contributed by atoms with Gasteiger partial charge in [0.1, 0.15) is 6.04 Å². The number of thioether (sulfide) groups is 1. The zero-order valence-corrected chi connectivity index (χ0v) is 16.2. The van der Waals surface area contributed by atoms with Crippen molar-refractivity contribution in [3.05, 3.63) is 36.0 Å². The average molecular weight is 406 g/mol. The summed E-state index contributed by atoms with van der Waals surface area (Å²) in [6.45, 7) is 2.70. The molecular weight excluding hydrogens is 386 g/mol. The van der Waals surface area contributed by atoms with Crippen LogP contribution in [0.5, 0.6) is 0 Å². The fourth-order valence-corrected chi connectivity index (χ4v) is 4.21. The molecule has 0 aliphatic heterocycles. The van der Waals surface area contributed by atoms with Crippen molar-refractivity contribution in [1.29, 1.82) is 0 Å². The number of benzene rings is 1. The number of carbonyl (C=O) groups is 2. The van der Waals surface area contributed by atoms with E-state index in [1.54, 1.807) is 6.20 Å². The minimum atomic E-state index is -1.07. The van der Waals surface area contributed by atoms with E-state index in [1.807, 2.05) is 31.2 Å². The molecule has 0 aliphatic rings. The highest BCUT2D eigenvalue weighted by Crippen LogP contribution is 2.25. The van der Waals surface area contributed by atoms with Crippen LogP contribution in [0, 0.1) is 0 Å². The number of aromatic nitrogens is 3. The van der Waals surface area contributed by atoms with Gasteiger partial charge < -0.3 is 20.7 Å². The minimum absolute atomic E-state index is 0.0818. The lowest BCUT2D eigenvalue weighted by molar-refractivity contribution is -0.141. The number of rotatable bonds is 9. The molecule has 2 aromatic heterocycles. The highest BCUT2D eigenvalue weighted by molar-refractivity contribution is 8.01. The second-order valence-corrected chi connectivity index (χ2v) is 7.91. The number of aliphatic carboxylic acids is 1. The smallest absolute Gasteiger partial charge is 0.326 e. The van der Waals surface area contributed by atoms with Gasteiger partial charge in [-0.05, 0) is 18.6 Å². The molecule has 3 aromatic rings. The number of carboxylic acid groups (broad SMARTS) is 1. The number of H-pyrrole nitrogens is 1. The van der Waals surface area contributed by atoms with E-state index in [4.69, 9.17) is 0 Å². The summed E-state index contributed by atoms with van der Waals surface area (Å²) in [6.07, 6.45) is 1.99. The standard InChI is InChI=1S/C17H19N5O3S2/c1-2-18-16-21-22-17(27-16)26-9-14(23)20-13(15(24)25)7-10-8-19-12-6-4-3-5-11(10)12/h3-6,8,13,19H,2,7,9H2,1H3,(H,18,21)(H,20,23)(H,24,25).